The van der Waals surface area contributed by atoms with E-state index in [2.05, 4.69) is 5.32 Å². The van der Waals surface area contributed by atoms with Gasteiger partial charge in [0.1, 0.15) is 9.84 Å². The first-order valence-electron chi connectivity index (χ1n) is 5.64. The molecule has 1 fully saturated rings. The highest BCUT2D eigenvalue weighted by Crippen LogP contribution is 2.08. The number of carbonyl (C=O) groups is 1. The van der Waals surface area contributed by atoms with Crippen molar-refractivity contribution in [3.05, 3.63) is 0 Å². The third-order valence-electron chi connectivity index (χ3n) is 2.78. The van der Waals surface area contributed by atoms with Crippen LogP contribution in [0.25, 0.3) is 0 Å². The Morgan fingerprint density at radius 2 is 2.12 bits per heavy atom. The van der Waals surface area contributed by atoms with Crippen molar-refractivity contribution >= 4 is 28.2 Å². The van der Waals surface area contributed by atoms with Gasteiger partial charge in [0.05, 0.1) is 11.8 Å². The van der Waals surface area contributed by atoms with Gasteiger partial charge in [0.15, 0.2) is 0 Å². The molecule has 1 amide bonds. The summed E-state index contributed by atoms with van der Waals surface area (Å²) in [6, 6.07) is -0.112. The van der Waals surface area contributed by atoms with Crippen LogP contribution in [0.15, 0.2) is 0 Å². The molecule has 1 heterocycles. The molecular weight excluding hydrogens is 264 g/mol. The molecule has 0 aliphatic carbocycles. The third-order valence-corrected chi connectivity index (χ3v) is 3.71. The Morgan fingerprint density at radius 3 is 2.53 bits per heavy atom. The number of nitrogens with zero attached hydrogens (tertiary/aromatic N) is 1. The van der Waals surface area contributed by atoms with Gasteiger partial charge in [-0.25, -0.2) is 8.42 Å². The average molecular weight is 285 g/mol. The van der Waals surface area contributed by atoms with E-state index >= 15 is 0 Å². The van der Waals surface area contributed by atoms with E-state index in [1.165, 1.54) is 6.26 Å². The summed E-state index contributed by atoms with van der Waals surface area (Å²) in [5, 5.41) is 3.13. The van der Waals surface area contributed by atoms with Gasteiger partial charge >= 0.3 is 0 Å². The topological polar surface area (TPSA) is 66.5 Å². The Bertz CT molecular complexity index is 339. The molecule has 5 nitrogen and oxygen atoms in total. The molecule has 1 saturated heterocycles. The zero-order chi connectivity index (χ0) is 12.2. The van der Waals surface area contributed by atoms with E-state index in [-0.39, 0.29) is 30.1 Å². The van der Waals surface area contributed by atoms with Crippen LogP contribution in [0.2, 0.25) is 0 Å². The Balaban J connectivity index is 0.00000256. The lowest BCUT2D eigenvalue weighted by Crippen LogP contribution is -2.45. The van der Waals surface area contributed by atoms with Crippen LogP contribution in [0.5, 0.6) is 0 Å². The number of halogens is 1. The quantitative estimate of drug-likeness (QED) is 0.775. The Kier molecular flexibility index (Phi) is 7.04. The lowest BCUT2D eigenvalue weighted by molar-refractivity contribution is -0.132. The van der Waals surface area contributed by atoms with Crippen LogP contribution in [0.3, 0.4) is 0 Å². The summed E-state index contributed by atoms with van der Waals surface area (Å²) in [4.78, 5) is 13.6. The molecule has 1 aliphatic rings. The van der Waals surface area contributed by atoms with Crippen molar-refractivity contribution in [1.82, 2.24) is 10.2 Å². The molecule has 0 saturated carbocycles. The molecule has 0 radical (unpaired) electrons. The zero-order valence-corrected chi connectivity index (χ0v) is 11.9. The molecule has 0 aromatic heterocycles. The fraction of sp³-hybridized carbons (Fsp3) is 0.900. The minimum absolute atomic E-state index is 0. The van der Waals surface area contributed by atoms with Gasteiger partial charge < -0.3 is 10.2 Å². The molecule has 0 bridgehead atoms. The van der Waals surface area contributed by atoms with Crippen molar-refractivity contribution in [3.8, 4) is 0 Å². The zero-order valence-electron chi connectivity index (χ0n) is 10.3. The highest BCUT2D eigenvalue weighted by molar-refractivity contribution is 7.90. The van der Waals surface area contributed by atoms with E-state index in [1.807, 2.05) is 6.92 Å². The largest absolute Gasteiger partial charge is 0.341 e. The number of carbonyl (C=O) groups excluding carboxylic acids is 1. The molecule has 7 heteroatoms. The monoisotopic (exact) mass is 284 g/mol. The first kappa shape index (κ1) is 16.7. The molecule has 17 heavy (non-hydrogen) atoms. The van der Waals surface area contributed by atoms with Gasteiger partial charge in [-0.05, 0) is 26.3 Å². The van der Waals surface area contributed by atoms with Crippen LogP contribution in [0.4, 0.5) is 0 Å². The van der Waals surface area contributed by atoms with Crippen molar-refractivity contribution in [3.63, 3.8) is 0 Å². The van der Waals surface area contributed by atoms with E-state index in [0.29, 0.717) is 13.1 Å². The van der Waals surface area contributed by atoms with Gasteiger partial charge in [-0.15, -0.1) is 12.4 Å². The maximum absolute atomic E-state index is 12.0. The number of sulfone groups is 1. The second-order valence-corrected chi connectivity index (χ2v) is 6.46. The van der Waals surface area contributed by atoms with Crippen molar-refractivity contribution in [2.75, 3.05) is 31.6 Å². The van der Waals surface area contributed by atoms with Crippen molar-refractivity contribution in [1.29, 1.82) is 0 Å². The fourth-order valence-electron chi connectivity index (χ4n) is 1.82. The van der Waals surface area contributed by atoms with E-state index < -0.39 is 9.84 Å². The summed E-state index contributed by atoms with van der Waals surface area (Å²) in [6.07, 6.45) is 3.06. The SMILES string of the molecule is CCN(CCS(C)(=O)=O)C(=O)C1CCCN1.Cl. The third kappa shape index (κ3) is 5.70. The maximum Gasteiger partial charge on any atom is 0.239 e. The molecule has 1 unspecified atom stereocenters. The minimum Gasteiger partial charge on any atom is -0.341 e. The molecule has 0 aromatic rings. The predicted octanol–water partition coefficient (Wildman–Crippen LogP) is 0.0533. The first-order valence-corrected chi connectivity index (χ1v) is 7.70. The molecule has 1 rings (SSSR count). The Morgan fingerprint density at radius 1 is 1.47 bits per heavy atom. The van der Waals surface area contributed by atoms with Gasteiger partial charge in [-0.2, -0.15) is 0 Å². The van der Waals surface area contributed by atoms with Crippen LogP contribution in [-0.2, 0) is 14.6 Å². The number of hydrogen-bond donors (Lipinski definition) is 1. The Hall–Kier alpha value is -0.330. The van der Waals surface area contributed by atoms with Crippen LogP contribution in [-0.4, -0.2) is 56.9 Å². The molecule has 102 valence electrons. The molecule has 0 aromatic carbocycles. The molecule has 1 atom stereocenters. The summed E-state index contributed by atoms with van der Waals surface area (Å²) in [5.41, 5.74) is 0. The van der Waals surface area contributed by atoms with E-state index in [1.54, 1.807) is 4.90 Å². The van der Waals surface area contributed by atoms with Gasteiger partial charge in [0.2, 0.25) is 5.91 Å². The molecule has 0 spiro atoms. The van der Waals surface area contributed by atoms with Gasteiger partial charge in [-0.1, -0.05) is 0 Å². The molecule has 1 aliphatic heterocycles. The van der Waals surface area contributed by atoms with E-state index in [9.17, 15) is 13.2 Å². The van der Waals surface area contributed by atoms with Crippen LogP contribution in [0, 0.1) is 0 Å². The second-order valence-electron chi connectivity index (χ2n) is 4.20. The normalized spacial score (nSPS) is 19.8. The van der Waals surface area contributed by atoms with Gasteiger partial charge in [-0.3, -0.25) is 4.79 Å². The number of likely N-dealkylation sites (N-methyl/N-ethyl adjacent to an activating group) is 1. The fourth-order valence-corrected chi connectivity index (χ4v) is 2.37. The number of hydrogen-bond acceptors (Lipinski definition) is 4. The predicted molar refractivity (Wildman–Crippen MR) is 70.2 cm³/mol. The van der Waals surface area contributed by atoms with Crippen LogP contribution >= 0.6 is 12.4 Å². The van der Waals surface area contributed by atoms with Gasteiger partial charge in [0, 0.05) is 19.3 Å². The summed E-state index contributed by atoms with van der Waals surface area (Å²) in [5.74, 6) is 0.0721. The lowest BCUT2D eigenvalue weighted by Gasteiger charge is -2.23. The summed E-state index contributed by atoms with van der Waals surface area (Å²) in [7, 11) is -3.00. The van der Waals surface area contributed by atoms with E-state index in [4.69, 9.17) is 0 Å². The molecule has 1 N–H and O–H groups in total. The summed E-state index contributed by atoms with van der Waals surface area (Å²) < 4.78 is 22.1. The number of rotatable bonds is 5. The lowest BCUT2D eigenvalue weighted by atomic mass is 10.2. The number of nitrogens with one attached hydrogen (secondary N) is 1. The summed E-state index contributed by atoms with van der Waals surface area (Å²) in [6.45, 7) is 3.61. The standard InChI is InChI=1S/C10H20N2O3S.ClH/c1-3-12(7-8-16(2,14)15)10(13)9-5-4-6-11-9;/h9,11H,3-8H2,1-2H3;1H. The van der Waals surface area contributed by atoms with Gasteiger partial charge in [0.25, 0.3) is 0 Å². The first-order chi connectivity index (χ1) is 7.44. The number of amides is 1. The van der Waals surface area contributed by atoms with E-state index in [0.717, 1.165) is 19.4 Å². The highest BCUT2D eigenvalue weighted by atomic mass is 35.5. The smallest absolute Gasteiger partial charge is 0.239 e. The van der Waals surface area contributed by atoms with Crippen molar-refractivity contribution in [2.45, 2.75) is 25.8 Å². The minimum atomic E-state index is -3.00. The average Bonchev–Trinajstić information content (AvgIpc) is 2.69. The summed E-state index contributed by atoms with van der Waals surface area (Å²) >= 11 is 0. The van der Waals surface area contributed by atoms with Crippen LogP contribution in [0.1, 0.15) is 19.8 Å². The molecular formula is C10H21ClN2O3S. The Labute approximate surface area is 109 Å². The maximum atomic E-state index is 12.0. The van der Waals surface area contributed by atoms with Crippen molar-refractivity contribution in [2.24, 2.45) is 0 Å². The second kappa shape index (κ2) is 7.18. The highest BCUT2D eigenvalue weighted by Gasteiger charge is 2.26. The van der Waals surface area contributed by atoms with Crippen molar-refractivity contribution < 1.29 is 13.2 Å². The van der Waals surface area contributed by atoms with Crippen LogP contribution < -0.4 is 5.32 Å².